The van der Waals surface area contributed by atoms with E-state index < -0.39 is 5.97 Å². The van der Waals surface area contributed by atoms with E-state index in [4.69, 9.17) is 5.11 Å². The van der Waals surface area contributed by atoms with E-state index in [0.717, 1.165) is 12.8 Å². The lowest BCUT2D eigenvalue weighted by atomic mass is 10.0. The van der Waals surface area contributed by atoms with Gasteiger partial charge in [0.05, 0.1) is 0 Å². The molecule has 0 fully saturated rings. The van der Waals surface area contributed by atoms with Gasteiger partial charge in [0.15, 0.2) is 0 Å². The van der Waals surface area contributed by atoms with Crippen molar-refractivity contribution in [2.45, 2.75) is 167 Å². The molecule has 0 unspecified atom stereocenters. The van der Waals surface area contributed by atoms with Crippen LogP contribution in [-0.2, 0) is 4.79 Å². The maximum absolute atomic E-state index is 10.4. The van der Waals surface area contributed by atoms with E-state index >= 15 is 0 Å². The van der Waals surface area contributed by atoms with Crippen molar-refractivity contribution < 1.29 is 9.90 Å². The Balaban J connectivity index is 3.05. The molecule has 0 rings (SSSR count). The Bertz CT molecular complexity index is 375. The zero-order valence-electron chi connectivity index (χ0n) is 21.2. The van der Waals surface area contributed by atoms with Gasteiger partial charge in [-0.2, -0.15) is 0 Å². The SMILES string of the molecule is CCCCCCC=CCCCCCCCCCCCCCCCCCCCCC(=O)O. The third kappa shape index (κ3) is 29.2. The van der Waals surface area contributed by atoms with E-state index in [1.807, 2.05) is 0 Å². The van der Waals surface area contributed by atoms with Crippen LogP contribution >= 0.6 is 0 Å². The van der Waals surface area contributed by atoms with Gasteiger partial charge in [0.2, 0.25) is 0 Å². The van der Waals surface area contributed by atoms with Gasteiger partial charge in [-0.3, -0.25) is 4.79 Å². The average Bonchev–Trinajstić information content (AvgIpc) is 2.76. The van der Waals surface area contributed by atoms with Gasteiger partial charge in [-0.05, 0) is 32.1 Å². The van der Waals surface area contributed by atoms with E-state index in [1.54, 1.807) is 0 Å². The maximum atomic E-state index is 10.4. The van der Waals surface area contributed by atoms with Gasteiger partial charge in [-0.15, -0.1) is 0 Å². The summed E-state index contributed by atoms with van der Waals surface area (Å²) in [7, 11) is 0. The van der Waals surface area contributed by atoms with Gasteiger partial charge in [0.1, 0.15) is 0 Å². The predicted molar refractivity (Wildman–Crippen MR) is 138 cm³/mol. The van der Waals surface area contributed by atoms with Crippen LogP contribution in [0.25, 0.3) is 0 Å². The van der Waals surface area contributed by atoms with Crippen LogP contribution in [0.2, 0.25) is 0 Å². The monoisotopic (exact) mass is 436 g/mol. The van der Waals surface area contributed by atoms with Crippen molar-refractivity contribution in [1.82, 2.24) is 0 Å². The summed E-state index contributed by atoms with van der Waals surface area (Å²) < 4.78 is 0. The molecular formula is C29H56O2. The van der Waals surface area contributed by atoms with Crippen molar-refractivity contribution in [2.75, 3.05) is 0 Å². The average molecular weight is 437 g/mol. The zero-order valence-corrected chi connectivity index (χ0v) is 21.2. The minimum absolute atomic E-state index is 0.344. The highest BCUT2D eigenvalue weighted by Crippen LogP contribution is 2.15. The fourth-order valence-electron chi connectivity index (χ4n) is 4.29. The Hall–Kier alpha value is -0.790. The molecule has 0 heterocycles. The van der Waals surface area contributed by atoms with Crippen molar-refractivity contribution in [3.63, 3.8) is 0 Å². The molecule has 0 atom stereocenters. The molecule has 0 saturated heterocycles. The number of unbranched alkanes of at least 4 members (excludes halogenated alkanes) is 22. The van der Waals surface area contributed by atoms with Crippen molar-refractivity contribution in [3.05, 3.63) is 12.2 Å². The van der Waals surface area contributed by atoms with E-state index in [0.29, 0.717) is 6.42 Å². The smallest absolute Gasteiger partial charge is 0.303 e. The van der Waals surface area contributed by atoms with Crippen LogP contribution in [0.15, 0.2) is 12.2 Å². The van der Waals surface area contributed by atoms with Crippen molar-refractivity contribution in [3.8, 4) is 0 Å². The third-order valence-electron chi connectivity index (χ3n) is 6.40. The number of carboxylic acid groups (broad SMARTS) is 1. The summed E-state index contributed by atoms with van der Waals surface area (Å²) in [5, 5.41) is 8.60. The van der Waals surface area contributed by atoms with Gasteiger partial charge >= 0.3 is 5.97 Å². The van der Waals surface area contributed by atoms with Crippen LogP contribution in [0, 0.1) is 0 Å². The minimum atomic E-state index is -0.651. The van der Waals surface area contributed by atoms with Gasteiger partial charge in [0, 0.05) is 6.42 Å². The van der Waals surface area contributed by atoms with E-state index in [2.05, 4.69) is 19.1 Å². The van der Waals surface area contributed by atoms with Crippen molar-refractivity contribution in [1.29, 1.82) is 0 Å². The molecular weight excluding hydrogens is 380 g/mol. The standard InChI is InChI=1S/C29H56O2/c1-2-3-4-5-6-7-8-9-10-11-12-13-14-15-16-17-18-19-20-21-22-23-24-25-26-27-28-29(30)31/h7-8H,2-6,9-28H2,1H3,(H,30,31). The Kier molecular flexibility index (Phi) is 26.5. The van der Waals surface area contributed by atoms with Crippen molar-refractivity contribution in [2.24, 2.45) is 0 Å². The zero-order chi connectivity index (χ0) is 22.7. The molecule has 0 aromatic heterocycles. The van der Waals surface area contributed by atoms with E-state index in [1.165, 1.54) is 141 Å². The number of aliphatic carboxylic acids is 1. The number of carbonyl (C=O) groups is 1. The summed E-state index contributed by atoms with van der Waals surface area (Å²) in [6.07, 6.45) is 37.5. The normalized spacial score (nSPS) is 11.5. The first-order valence-electron chi connectivity index (χ1n) is 14.1. The van der Waals surface area contributed by atoms with E-state index in [-0.39, 0.29) is 0 Å². The second-order valence-corrected chi connectivity index (χ2v) is 9.62. The first-order valence-corrected chi connectivity index (χ1v) is 14.1. The predicted octanol–water partition coefficient (Wildman–Crippen LogP) is 10.4. The first-order chi connectivity index (χ1) is 15.3. The number of rotatable bonds is 26. The van der Waals surface area contributed by atoms with Crippen LogP contribution < -0.4 is 0 Å². The Morgan fingerprint density at radius 2 is 0.774 bits per heavy atom. The van der Waals surface area contributed by atoms with Crippen molar-refractivity contribution >= 4 is 5.97 Å². The highest BCUT2D eigenvalue weighted by atomic mass is 16.4. The quantitative estimate of drug-likeness (QED) is 0.108. The number of carboxylic acids is 1. The molecule has 0 saturated carbocycles. The van der Waals surface area contributed by atoms with Gasteiger partial charge < -0.3 is 5.11 Å². The van der Waals surface area contributed by atoms with Gasteiger partial charge in [0.25, 0.3) is 0 Å². The summed E-state index contributed by atoms with van der Waals surface area (Å²) in [5.41, 5.74) is 0. The molecule has 1 N–H and O–H groups in total. The fourth-order valence-corrected chi connectivity index (χ4v) is 4.29. The molecule has 31 heavy (non-hydrogen) atoms. The fraction of sp³-hybridized carbons (Fsp3) is 0.897. The van der Waals surface area contributed by atoms with Crippen LogP contribution in [0.4, 0.5) is 0 Å². The van der Waals surface area contributed by atoms with Gasteiger partial charge in [-0.1, -0.05) is 141 Å². The second kappa shape index (κ2) is 27.2. The Morgan fingerprint density at radius 3 is 1.10 bits per heavy atom. The lowest BCUT2D eigenvalue weighted by molar-refractivity contribution is -0.137. The highest BCUT2D eigenvalue weighted by molar-refractivity contribution is 5.66. The van der Waals surface area contributed by atoms with E-state index in [9.17, 15) is 4.79 Å². The van der Waals surface area contributed by atoms with Crippen LogP contribution in [0.1, 0.15) is 167 Å². The number of hydrogen-bond donors (Lipinski definition) is 1. The molecule has 0 spiro atoms. The lowest BCUT2D eigenvalue weighted by Crippen LogP contribution is -1.93. The van der Waals surface area contributed by atoms with Crippen LogP contribution in [0.3, 0.4) is 0 Å². The molecule has 0 bridgehead atoms. The summed E-state index contributed by atoms with van der Waals surface area (Å²) >= 11 is 0. The van der Waals surface area contributed by atoms with Gasteiger partial charge in [-0.25, -0.2) is 0 Å². The molecule has 184 valence electrons. The molecule has 2 heteroatoms. The third-order valence-corrected chi connectivity index (χ3v) is 6.40. The molecule has 2 nitrogen and oxygen atoms in total. The minimum Gasteiger partial charge on any atom is -0.481 e. The molecule has 0 amide bonds. The molecule has 0 aliphatic rings. The Morgan fingerprint density at radius 1 is 0.484 bits per heavy atom. The maximum Gasteiger partial charge on any atom is 0.303 e. The second-order valence-electron chi connectivity index (χ2n) is 9.62. The summed E-state index contributed by atoms with van der Waals surface area (Å²) in [6.45, 7) is 2.28. The summed E-state index contributed by atoms with van der Waals surface area (Å²) in [6, 6.07) is 0. The van der Waals surface area contributed by atoms with Crippen LogP contribution in [-0.4, -0.2) is 11.1 Å². The highest BCUT2D eigenvalue weighted by Gasteiger charge is 1.97. The molecule has 0 radical (unpaired) electrons. The molecule has 0 aliphatic carbocycles. The summed E-state index contributed by atoms with van der Waals surface area (Å²) in [5.74, 6) is -0.651. The van der Waals surface area contributed by atoms with Crippen LogP contribution in [0.5, 0.6) is 0 Å². The first kappa shape index (κ1) is 30.2. The topological polar surface area (TPSA) is 37.3 Å². The molecule has 0 aromatic carbocycles. The Labute approximate surface area is 195 Å². The molecule has 0 aromatic rings. The number of hydrogen-bond acceptors (Lipinski definition) is 1. The largest absolute Gasteiger partial charge is 0.481 e. The lowest BCUT2D eigenvalue weighted by Gasteiger charge is -2.04. The summed E-state index contributed by atoms with van der Waals surface area (Å²) in [4.78, 5) is 10.4. The molecule has 0 aliphatic heterocycles. The number of allylic oxidation sites excluding steroid dienone is 2.